The van der Waals surface area contributed by atoms with E-state index in [1.165, 1.54) is 18.3 Å². The monoisotopic (exact) mass is 392 g/mol. The van der Waals surface area contributed by atoms with Crippen LogP contribution < -0.4 is 14.9 Å². The minimum Gasteiger partial charge on any atom is -0.493 e. The molecule has 5 nitrogen and oxygen atoms in total. The molecule has 148 valence electrons. The number of hydrazone groups is 1. The first-order valence-electron chi connectivity index (χ1n) is 9.01. The Kier molecular flexibility index (Phi) is 6.58. The summed E-state index contributed by atoms with van der Waals surface area (Å²) in [6.45, 7) is 2.16. The van der Waals surface area contributed by atoms with E-state index in [0.717, 1.165) is 16.7 Å². The van der Waals surface area contributed by atoms with Crippen molar-refractivity contribution in [3.63, 3.8) is 0 Å². The molecule has 0 fully saturated rings. The lowest BCUT2D eigenvalue weighted by Crippen LogP contribution is -2.18. The fourth-order valence-corrected chi connectivity index (χ4v) is 2.68. The van der Waals surface area contributed by atoms with Gasteiger partial charge in [-0.05, 0) is 60.0 Å². The highest BCUT2D eigenvalue weighted by atomic mass is 19.1. The molecule has 1 amide bonds. The van der Waals surface area contributed by atoms with Crippen LogP contribution in [0.25, 0.3) is 0 Å². The molecule has 0 atom stereocenters. The minimum atomic E-state index is -0.288. The summed E-state index contributed by atoms with van der Waals surface area (Å²) in [5, 5.41) is 4.01. The van der Waals surface area contributed by atoms with Gasteiger partial charge in [0, 0.05) is 5.56 Å². The number of ether oxygens (including phenoxy) is 2. The van der Waals surface area contributed by atoms with E-state index in [1.54, 1.807) is 49.6 Å². The van der Waals surface area contributed by atoms with Gasteiger partial charge in [0.05, 0.1) is 13.3 Å². The number of hydrogen-bond acceptors (Lipinski definition) is 4. The molecule has 29 heavy (non-hydrogen) atoms. The summed E-state index contributed by atoms with van der Waals surface area (Å²) in [6, 6.07) is 18.7. The van der Waals surface area contributed by atoms with Crippen LogP contribution in [0.2, 0.25) is 0 Å². The molecule has 0 spiro atoms. The number of nitrogens with one attached hydrogen (secondary N) is 1. The van der Waals surface area contributed by atoms with Crippen LogP contribution in [0.3, 0.4) is 0 Å². The van der Waals surface area contributed by atoms with Gasteiger partial charge in [-0.1, -0.05) is 30.3 Å². The van der Waals surface area contributed by atoms with E-state index in [1.807, 2.05) is 19.1 Å². The molecular formula is C23H21FN2O3. The molecule has 0 unspecified atom stereocenters. The Hall–Kier alpha value is -3.67. The average molecular weight is 392 g/mol. The number of rotatable bonds is 7. The minimum absolute atomic E-state index is 0.273. The van der Waals surface area contributed by atoms with Gasteiger partial charge < -0.3 is 9.47 Å². The van der Waals surface area contributed by atoms with Gasteiger partial charge in [-0.2, -0.15) is 5.10 Å². The number of amides is 1. The van der Waals surface area contributed by atoms with E-state index in [-0.39, 0.29) is 18.3 Å². The second-order valence-corrected chi connectivity index (χ2v) is 6.34. The predicted molar refractivity (Wildman–Crippen MR) is 110 cm³/mol. The molecule has 0 aromatic heterocycles. The molecule has 0 saturated heterocycles. The maximum Gasteiger partial charge on any atom is 0.271 e. The third-order valence-electron chi connectivity index (χ3n) is 4.26. The summed E-state index contributed by atoms with van der Waals surface area (Å²) in [7, 11) is 1.54. The van der Waals surface area contributed by atoms with Crippen molar-refractivity contribution >= 4 is 12.1 Å². The number of halogens is 1. The summed E-state index contributed by atoms with van der Waals surface area (Å²) in [5.74, 6) is 0.522. The van der Waals surface area contributed by atoms with Crippen LogP contribution in [0.15, 0.2) is 71.8 Å². The summed E-state index contributed by atoms with van der Waals surface area (Å²) < 4.78 is 24.1. The third-order valence-corrected chi connectivity index (χ3v) is 4.26. The van der Waals surface area contributed by atoms with Crippen LogP contribution >= 0.6 is 0 Å². The first kappa shape index (κ1) is 20.1. The number of carbonyl (C=O) groups excluding carboxylic acids is 1. The summed E-state index contributed by atoms with van der Waals surface area (Å²) >= 11 is 0. The SMILES string of the molecule is COc1cc(/C=N\NC(=O)c2ccccc2C)ccc1OCc1ccc(F)cc1. The van der Waals surface area contributed by atoms with Gasteiger partial charge >= 0.3 is 0 Å². The van der Waals surface area contributed by atoms with Crippen LogP contribution in [-0.2, 0) is 6.61 Å². The summed E-state index contributed by atoms with van der Waals surface area (Å²) in [4.78, 5) is 12.2. The number of carbonyl (C=O) groups is 1. The molecular weight excluding hydrogens is 371 g/mol. The molecule has 0 bridgehead atoms. The second-order valence-electron chi connectivity index (χ2n) is 6.34. The van der Waals surface area contributed by atoms with Crippen LogP contribution in [0.4, 0.5) is 4.39 Å². The largest absolute Gasteiger partial charge is 0.493 e. The van der Waals surface area contributed by atoms with E-state index >= 15 is 0 Å². The standard InChI is InChI=1S/C23H21FN2O3/c1-16-5-3-4-6-20(16)23(27)26-25-14-18-9-12-21(22(13-18)28-2)29-15-17-7-10-19(24)11-8-17/h3-14H,15H2,1-2H3,(H,26,27)/b25-14-. The van der Waals surface area contributed by atoms with Crippen LogP contribution in [0.5, 0.6) is 11.5 Å². The molecule has 3 aromatic carbocycles. The summed E-state index contributed by atoms with van der Waals surface area (Å²) in [6.07, 6.45) is 1.53. The summed E-state index contributed by atoms with van der Waals surface area (Å²) in [5.41, 5.74) is 5.56. The predicted octanol–water partition coefficient (Wildman–Crippen LogP) is 4.49. The Morgan fingerprint density at radius 1 is 1.07 bits per heavy atom. The van der Waals surface area contributed by atoms with Crippen molar-refractivity contribution in [2.24, 2.45) is 5.10 Å². The fourth-order valence-electron chi connectivity index (χ4n) is 2.68. The highest BCUT2D eigenvalue weighted by Gasteiger charge is 2.08. The lowest BCUT2D eigenvalue weighted by molar-refractivity contribution is 0.0954. The Labute approximate surface area is 168 Å². The van der Waals surface area contributed by atoms with E-state index in [9.17, 15) is 9.18 Å². The Balaban J connectivity index is 1.63. The quantitative estimate of drug-likeness (QED) is 0.476. The molecule has 3 aromatic rings. The zero-order valence-electron chi connectivity index (χ0n) is 16.2. The molecule has 0 aliphatic rings. The lowest BCUT2D eigenvalue weighted by atomic mass is 10.1. The van der Waals surface area contributed by atoms with Crippen molar-refractivity contribution in [3.8, 4) is 11.5 Å². The van der Waals surface area contributed by atoms with Gasteiger partial charge in [0.2, 0.25) is 0 Å². The van der Waals surface area contributed by atoms with Crippen molar-refractivity contribution in [1.29, 1.82) is 0 Å². The van der Waals surface area contributed by atoms with Gasteiger partial charge in [-0.3, -0.25) is 4.79 Å². The molecule has 1 N–H and O–H groups in total. The number of methoxy groups -OCH3 is 1. The molecule has 0 saturated carbocycles. The van der Waals surface area contributed by atoms with Gasteiger partial charge in [0.15, 0.2) is 11.5 Å². The van der Waals surface area contributed by atoms with Crippen molar-refractivity contribution in [2.75, 3.05) is 7.11 Å². The van der Waals surface area contributed by atoms with Gasteiger partial charge in [0.1, 0.15) is 12.4 Å². The maximum absolute atomic E-state index is 13.0. The Morgan fingerprint density at radius 2 is 1.83 bits per heavy atom. The molecule has 3 rings (SSSR count). The zero-order chi connectivity index (χ0) is 20.6. The number of aryl methyl sites for hydroxylation is 1. The van der Waals surface area contributed by atoms with Crippen molar-refractivity contribution in [1.82, 2.24) is 5.43 Å². The van der Waals surface area contributed by atoms with Crippen molar-refractivity contribution in [2.45, 2.75) is 13.5 Å². The zero-order valence-corrected chi connectivity index (χ0v) is 16.2. The molecule has 0 heterocycles. The topological polar surface area (TPSA) is 59.9 Å². The Morgan fingerprint density at radius 3 is 2.55 bits per heavy atom. The number of hydrogen-bond donors (Lipinski definition) is 1. The van der Waals surface area contributed by atoms with Crippen LogP contribution in [-0.4, -0.2) is 19.2 Å². The Bertz CT molecular complexity index is 1020. The highest BCUT2D eigenvalue weighted by molar-refractivity contribution is 5.96. The van der Waals surface area contributed by atoms with Crippen LogP contribution in [0.1, 0.15) is 27.0 Å². The highest BCUT2D eigenvalue weighted by Crippen LogP contribution is 2.28. The number of nitrogens with zero attached hydrogens (tertiary/aromatic N) is 1. The lowest BCUT2D eigenvalue weighted by Gasteiger charge is -2.11. The van der Waals surface area contributed by atoms with Crippen molar-refractivity contribution < 1.29 is 18.7 Å². The smallest absolute Gasteiger partial charge is 0.271 e. The normalized spacial score (nSPS) is 10.7. The molecule has 0 radical (unpaired) electrons. The third kappa shape index (κ3) is 5.42. The van der Waals surface area contributed by atoms with E-state index < -0.39 is 0 Å². The maximum atomic E-state index is 13.0. The first-order chi connectivity index (χ1) is 14.1. The number of benzene rings is 3. The van der Waals surface area contributed by atoms with E-state index in [0.29, 0.717) is 17.1 Å². The first-order valence-corrected chi connectivity index (χ1v) is 9.01. The average Bonchev–Trinajstić information content (AvgIpc) is 2.74. The molecule has 0 aliphatic heterocycles. The van der Waals surface area contributed by atoms with Gasteiger partial charge in [-0.25, -0.2) is 9.82 Å². The van der Waals surface area contributed by atoms with Crippen molar-refractivity contribution in [3.05, 3.63) is 94.8 Å². The van der Waals surface area contributed by atoms with E-state index in [2.05, 4.69) is 10.5 Å². The molecule has 6 heteroatoms. The molecule has 0 aliphatic carbocycles. The van der Waals surface area contributed by atoms with Crippen LogP contribution in [0, 0.1) is 12.7 Å². The van der Waals surface area contributed by atoms with Gasteiger partial charge in [-0.15, -0.1) is 0 Å². The van der Waals surface area contributed by atoms with Gasteiger partial charge in [0.25, 0.3) is 5.91 Å². The fraction of sp³-hybridized carbons (Fsp3) is 0.130. The second kappa shape index (κ2) is 9.50. The van der Waals surface area contributed by atoms with E-state index in [4.69, 9.17) is 9.47 Å².